The second-order valence-corrected chi connectivity index (χ2v) is 7.32. The number of hydrogen-bond acceptors (Lipinski definition) is 4. The lowest BCUT2D eigenvalue weighted by molar-refractivity contribution is 0.578. The predicted molar refractivity (Wildman–Crippen MR) is 113 cm³/mol. The maximum atomic E-state index is 6.29. The summed E-state index contributed by atoms with van der Waals surface area (Å²) in [6, 6.07) is 16.0. The van der Waals surface area contributed by atoms with Gasteiger partial charge in [-0.1, -0.05) is 35.9 Å². The molecule has 1 saturated heterocycles. The maximum Gasteiger partial charge on any atom is 0.216 e. The van der Waals surface area contributed by atoms with Crippen LogP contribution < -0.4 is 4.90 Å². The molecule has 1 aliphatic rings. The van der Waals surface area contributed by atoms with Crippen molar-refractivity contribution in [2.75, 3.05) is 18.0 Å². The van der Waals surface area contributed by atoms with Crippen molar-refractivity contribution in [1.82, 2.24) is 14.9 Å². The minimum atomic E-state index is 0.422. The van der Waals surface area contributed by atoms with E-state index in [1.807, 2.05) is 24.3 Å². The quantitative estimate of drug-likeness (QED) is 0.490. The van der Waals surface area contributed by atoms with Gasteiger partial charge in [-0.25, -0.2) is 5.10 Å². The highest BCUT2D eigenvalue weighted by Gasteiger charge is 2.12. The normalized spacial score (nSPS) is 14.8. The molecule has 4 rings (SSSR count). The van der Waals surface area contributed by atoms with Gasteiger partial charge in [-0.2, -0.15) is 14.9 Å². The molecule has 5 nitrogen and oxygen atoms in total. The Hall–Kier alpha value is -2.44. The molecule has 0 spiro atoms. The third kappa shape index (κ3) is 3.96. The van der Waals surface area contributed by atoms with Gasteiger partial charge in [-0.3, -0.25) is 0 Å². The van der Waals surface area contributed by atoms with Crippen LogP contribution in [0.1, 0.15) is 24.8 Å². The molecule has 7 heteroatoms. The number of anilines is 1. The summed E-state index contributed by atoms with van der Waals surface area (Å²) in [5.41, 5.74) is 3.05. The fraction of sp³-hybridized carbons (Fsp3) is 0.250. The number of rotatable bonds is 4. The van der Waals surface area contributed by atoms with Gasteiger partial charge < -0.3 is 4.90 Å². The Labute approximate surface area is 168 Å². The van der Waals surface area contributed by atoms with Crippen molar-refractivity contribution in [1.29, 1.82) is 0 Å². The van der Waals surface area contributed by atoms with Crippen molar-refractivity contribution < 1.29 is 0 Å². The van der Waals surface area contributed by atoms with Crippen LogP contribution in [0.2, 0.25) is 5.02 Å². The average Bonchev–Trinajstić information content (AvgIpc) is 3.08. The zero-order chi connectivity index (χ0) is 18.6. The monoisotopic (exact) mass is 397 g/mol. The first kappa shape index (κ1) is 17.9. The summed E-state index contributed by atoms with van der Waals surface area (Å²) in [6.07, 6.45) is 5.66. The van der Waals surface area contributed by atoms with E-state index in [1.54, 1.807) is 10.9 Å². The number of benzene rings is 2. The summed E-state index contributed by atoms with van der Waals surface area (Å²) in [7, 11) is 0. The van der Waals surface area contributed by atoms with Crippen LogP contribution in [0.25, 0.3) is 11.4 Å². The molecule has 0 unspecified atom stereocenters. The molecule has 27 heavy (non-hydrogen) atoms. The largest absolute Gasteiger partial charge is 0.372 e. The number of piperidine rings is 1. The minimum Gasteiger partial charge on any atom is -0.372 e. The molecular formula is C20H20ClN5S. The van der Waals surface area contributed by atoms with Gasteiger partial charge in [0.2, 0.25) is 4.77 Å². The van der Waals surface area contributed by atoms with Crippen LogP contribution in [-0.2, 0) is 0 Å². The van der Waals surface area contributed by atoms with Crippen molar-refractivity contribution in [2.45, 2.75) is 19.3 Å². The third-order valence-electron chi connectivity index (χ3n) is 4.70. The van der Waals surface area contributed by atoms with Crippen LogP contribution in [-0.4, -0.2) is 34.2 Å². The predicted octanol–water partition coefficient (Wildman–Crippen LogP) is 5.13. The Morgan fingerprint density at radius 2 is 1.78 bits per heavy atom. The van der Waals surface area contributed by atoms with Gasteiger partial charge in [-0.15, -0.1) is 0 Å². The van der Waals surface area contributed by atoms with Gasteiger partial charge in [0.15, 0.2) is 5.82 Å². The summed E-state index contributed by atoms with van der Waals surface area (Å²) in [5.74, 6) is 0.590. The van der Waals surface area contributed by atoms with E-state index >= 15 is 0 Å². The standard InChI is InChI=1S/C20H20ClN5S/c21-18-7-3-2-6-17(18)19-23-24-20(27)26(19)22-14-15-8-10-16(11-9-15)25-12-4-1-5-13-25/h2-3,6-11,14H,1,4-5,12-13H2,(H,24,27)/b22-14-. The number of hydrogen-bond donors (Lipinski definition) is 1. The van der Waals surface area contributed by atoms with E-state index in [4.69, 9.17) is 23.8 Å². The fourth-order valence-electron chi connectivity index (χ4n) is 3.26. The Bertz CT molecular complexity index is 1000. The summed E-state index contributed by atoms with van der Waals surface area (Å²) >= 11 is 11.6. The van der Waals surface area contributed by atoms with Crippen molar-refractivity contribution in [3.05, 3.63) is 63.9 Å². The molecule has 0 saturated carbocycles. The molecule has 1 fully saturated rings. The fourth-order valence-corrected chi connectivity index (χ4v) is 3.66. The SMILES string of the molecule is S=c1[nH]nc(-c2ccccc2Cl)n1/N=C\c1ccc(N2CCCCC2)cc1. The summed E-state index contributed by atoms with van der Waals surface area (Å²) in [5, 5.41) is 12.2. The molecule has 0 bridgehead atoms. The van der Waals surface area contributed by atoms with Crippen LogP contribution in [0.5, 0.6) is 0 Å². The molecule has 1 aromatic heterocycles. The highest BCUT2D eigenvalue weighted by atomic mass is 35.5. The lowest BCUT2D eigenvalue weighted by atomic mass is 10.1. The van der Waals surface area contributed by atoms with Gasteiger partial charge in [0.1, 0.15) is 0 Å². The minimum absolute atomic E-state index is 0.422. The highest BCUT2D eigenvalue weighted by molar-refractivity contribution is 7.71. The molecular weight excluding hydrogens is 378 g/mol. The van der Waals surface area contributed by atoms with E-state index in [0.29, 0.717) is 15.6 Å². The molecule has 0 radical (unpaired) electrons. The molecule has 2 heterocycles. The molecule has 1 aliphatic heterocycles. The van der Waals surface area contributed by atoms with Gasteiger partial charge in [-0.05, 0) is 61.3 Å². The number of halogens is 1. The van der Waals surface area contributed by atoms with E-state index in [0.717, 1.165) is 24.2 Å². The molecule has 3 aromatic rings. The number of aromatic amines is 1. The maximum absolute atomic E-state index is 6.29. The molecule has 0 atom stereocenters. The van der Waals surface area contributed by atoms with E-state index < -0.39 is 0 Å². The lowest BCUT2D eigenvalue weighted by Gasteiger charge is -2.28. The van der Waals surface area contributed by atoms with Gasteiger partial charge in [0.05, 0.1) is 11.2 Å². The first-order valence-electron chi connectivity index (χ1n) is 9.04. The number of H-pyrrole nitrogens is 1. The van der Waals surface area contributed by atoms with Crippen molar-refractivity contribution >= 4 is 35.7 Å². The van der Waals surface area contributed by atoms with E-state index in [1.165, 1.54) is 24.9 Å². The topological polar surface area (TPSA) is 49.2 Å². The van der Waals surface area contributed by atoms with Crippen molar-refractivity contribution in [3.63, 3.8) is 0 Å². The first-order valence-corrected chi connectivity index (χ1v) is 9.83. The zero-order valence-electron chi connectivity index (χ0n) is 14.8. The summed E-state index contributed by atoms with van der Waals surface area (Å²) in [4.78, 5) is 2.44. The van der Waals surface area contributed by atoms with Gasteiger partial charge >= 0.3 is 0 Å². The van der Waals surface area contributed by atoms with Crippen LogP contribution in [0.15, 0.2) is 53.6 Å². The van der Waals surface area contributed by atoms with E-state index in [-0.39, 0.29) is 0 Å². The van der Waals surface area contributed by atoms with E-state index in [2.05, 4.69) is 44.5 Å². The molecule has 2 aromatic carbocycles. The Morgan fingerprint density at radius 1 is 1.04 bits per heavy atom. The average molecular weight is 398 g/mol. The molecule has 1 N–H and O–H groups in total. The van der Waals surface area contributed by atoms with Gasteiger partial charge in [0.25, 0.3) is 0 Å². The van der Waals surface area contributed by atoms with Crippen LogP contribution >= 0.6 is 23.8 Å². The Balaban J connectivity index is 1.58. The van der Waals surface area contributed by atoms with Crippen LogP contribution in [0.3, 0.4) is 0 Å². The van der Waals surface area contributed by atoms with Crippen molar-refractivity contribution in [3.8, 4) is 11.4 Å². The van der Waals surface area contributed by atoms with Crippen molar-refractivity contribution in [2.24, 2.45) is 5.10 Å². The Kier molecular flexibility index (Phi) is 5.36. The first-order chi connectivity index (χ1) is 13.2. The second kappa shape index (κ2) is 8.06. The smallest absolute Gasteiger partial charge is 0.216 e. The molecule has 138 valence electrons. The lowest BCUT2D eigenvalue weighted by Crippen LogP contribution is -2.29. The summed E-state index contributed by atoms with van der Waals surface area (Å²) < 4.78 is 2.01. The second-order valence-electron chi connectivity index (χ2n) is 6.53. The molecule has 0 amide bonds. The van der Waals surface area contributed by atoms with E-state index in [9.17, 15) is 0 Å². The Morgan fingerprint density at radius 3 is 2.52 bits per heavy atom. The van der Waals surface area contributed by atoms with Gasteiger partial charge in [0, 0.05) is 24.3 Å². The molecule has 0 aliphatic carbocycles. The highest BCUT2D eigenvalue weighted by Crippen LogP contribution is 2.26. The number of aromatic nitrogens is 3. The summed E-state index contributed by atoms with van der Waals surface area (Å²) in [6.45, 7) is 2.28. The zero-order valence-corrected chi connectivity index (χ0v) is 16.4. The van der Waals surface area contributed by atoms with Crippen LogP contribution in [0.4, 0.5) is 5.69 Å². The third-order valence-corrected chi connectivity index (χ3v) is 5.30. The number of nitrogens with one attached hydrogen (secondary N) is 1. The van der Waals surface area contributed by atoms with Crippen LogP contribution in [0, 0.1) is 4.77 Å². The number of nitrogens with zero attached hydrogens (tertiary/aromatic N) is 4.